The van der Waals surface area contributed by atoms with Crippen molar-refractivity contribution in [1.29, 1.82) is 0 Å². The molecule has 2 N–H and O–H groups in total. The molecule has 0 aliphatic heterocycles. The van der Waals surface area contributed by atoms with Crippen molar-refractivity contribution in [1.82, 2.24) is 20.5 Å². The topological polar surface area (TPSA) is 52.6 Å². The van der Waals surface area contributed by atoms with E-state index in [0.29, 0.717) is 12.6 Å². The Morgan fingerprint density at radius 1 is 1.32 bits per heavy atom. The van der Waals surface area contributed by atoms with Crippen molar-refractivity contribution < 1.29 is 0 Å². The standard InChI is InChI=1S/C16H31N5S/c1-7-12(3)21(6)10-9-18-16(17-8-2)19-11-15-13(4)20-14(5)22-15/h12H,7-11H2,1-6H3,(H2,17,18,19). The first kappa shape index (κ1) is 18.9. The Balaban J connectivity index is 2.50. The van der Waals surface area contributed by atoms with Crippen LogP contribution in [0.2, 0.25) is 0 Å². The molecule has 1 aromatic rings. The molecule has 0 bridgehead atoms. The molecule has 1 rings (SSSR count). The van der Waals surface area contributed by atoms with Gasteiger partial charge >= 0.3 is 0 Å². The number of aliphatic imine (C=N–C) groups is 1. The second-order valence-electron chi connectivity index (χ2n) is 5.60. The number of guanidine groups is 1. The van der Waals surface area contributed by atoms with Gasteiger partial charge in [0.2, 0.25) is 0 Å². The van der Waals surface area contributed by atoms with Crippen LogP contribution in [0.3, 0.4) is 0 Å². The average molecular weight is 326 g/mol. The molecule has 6 heteroatoms. The fraction of sp³-hybridized carbons (Fsp3) is 0.750. The molecule has 1 atom stereocenters. The Labute approximate surface area is 139 Å². The van der Waals surface area contributed by atoms with Crippen molar-refractivity contribution in [2.24, 2.45) is 4.99 Å². The van der Waals surface area contributed by atoms with Crippen molar-refractivity contribution in [3.8, 4) is 0 Å². The van der Waals surface area contributed by atoms with Crippen LogP contribution in [0.15, 0.2) is 4.99 Å². The molecule has 0 saturated heterocycles. The van der Waals surface area contributed by atoms with Crippen LogP contribution in [0, 0.1) is 13.8 Å². The Hall–Kier alpha value is -1.14. The van der Waals surface area contributed by atoms with Gasteiger partial charge in [-0.2, -0.15) is 0 Å². The quantitative estimate of drug-likeness (QED) is 0.570. The predicted molar refractivity (Wildman–Crippen MR) is 96.8 cm³/mol. The second-order valence-corrected chi connectivity index (χ2v) is 6.89. The normalized spacial score (nSPS) is 13.5. The minimum Gasteiger partial charge on any atom is -0.357 e. The lowest BCUT2D eigenvalue weighted by Crippen LogP contribution is -2.42. The summed E-state index contributed by atoms with van der Waals surface area (Å²) in [4.78, 5) is 12.7. The van der Waals surface area contributed by atoms with Gasteiger partial charge in [-0.05, 0) is 41.2 Å². The van der Waals surface area contributed by atoms with E-state index in [1.807, 2.05) is 6.92 Å². The predicted octanol–water partition coefficient (Wildman–Crippen LogP) is 2.55. The second kappa shape index (κ2) is 9.79. The molecule has 0 saturated carbocycles. The van der Waals surface area contributed by atoms with E-state index in [-0.39, 0.29) is 0 Å². The molecule has 126 valence electrons. The smallest absolute Gasteiger partial charge is 0.191 e. The van der Waals surface area contributed by atoms with Crippen molar-refractivity contribution >= 4 is 17.3 Å². The van der Waals surface area contributed by atoms with Gasteiger partial charge < -0.3 is 15.5 Å². The fourth-order valence-electron chi connectivity index (χ4n) is 2.10. The van der Waals surface area contributed by atoms with Gasteiger partial charge in [0.25, 0.3) is 0 Å². The first-order valence-electron chi connectivity index (χ1n) is 8.13. The number of hydrogen-bond donors (Lipinski definition) is 2. The van der Waals surface area contributed by atoms with Gasteiger partial charge in [0.15, 0.2) is 5.96 Å². The average Bonchev–Trinajstić information content (AvgIpc) is 2.81. The number of hydrogen-bond acceptors (Lipinski definition) is 4. The Morgan fingerprint density at radius 3 is 2.59 bits per heavy atom. The molecule has 0 aliphatic carbocycles. The summed E-state index contributed by atoms with van der Waals surface area (Å²) in [6.45, 7) is 14.1. The highest BCUT2D eigenvalue weighted by Gasteiger charge is 2.07. The lowest BCUT2D eigenvalue weighted by atomic mass is 10.2. The number of nitrogens with one attached hydrogen (secondary N) is 2. The third-order valence-electron chi connectivity index (χ3n) is 3.82. The number of thiazole rings is 1. The summed E-state index contributed by atoms with van der Waals surface area (Å²) in [7, 11) is 2.17. The first-order chi connectivity index (χ1) is 10.5. The molecule has 0 fully saturated rings. The SMILES string of the molecule is CCNC(=NCc1sc(C)nc1C)NCCN(C)C(C)CC. The van der Waals surface area contributed by atoms with Gasteiger partial charge in [-0.15, -0.1) is 11.3 Å². The highest BCUT2D eigenvalue weighted by molar-refractivity contribution is 7.11. The highest BCUT2D eigenvalue weighted by Crippen LogP contribution is 2.17. The molecule has 0 radical (unpaired) electrons. The summed E-state index contributed by atoms with van der Waals surface area (Å²) in [5.74, 6) is 0.880. The molecule has 1 unspecified atom stereocenters. The monoisotopic (exact) mass is 325 g/mol. The molecule has 0 spiro atoms. The van der Waals surface area contributed by atoms with Crippen LogP contribution in [0.5, 0.6) is 0 Å². The maximum atomic E-state index is 4.67. The number of rotatable bonds is 8. The number of likely N-dealkylation sites (N-methyl/N-ethyl adjacent to an activating group) is 1. The summed E-state index contributed by atoms with van der Waals surface area (Å²) in [6.07, 6.45) is 1.18. The van der Waals surface area contributed by atoms with E-state index >= 15 is 0 Å². The number of aromatic nitrogens is 1. The Morgan fingerprint density at radius 2 is 2.05 bits per heavy atom. The Kier molecular flexibility index (Phi) is 8.42. The van der Waals surface area contributed by atoms with Crippen LogP contribution in [-0.4, -0.2) is 48.6 Å². The van der Waals surface area contributed by atoms with Crippen LogP contribution in [0.1, 0.15) is 42.8 Å². The van der Waals surface area contributed by atoms with E-state index in [9.17, 15) is 0 Å². The molecule has 0 aliphatic rings. The van der Waals surface area contributed by atoms with E-state index in [2.05, 4.69) is 60.3 Å². The minimum atomic E-state index is 0.615. The van der Waals surface area contributed by atoms with Crippen LogP contribution in [0.25, 0.3) is 0 Å². The molecule has 0 aromatic carbocycles. The van der Waals surface area contributed by atoms with E-state index in [4.69, 9.17) is 0 Å². The van der Waals surface area contributed by atoms with Crippen LogP contribution in [-0.2, 0) is 6.54 Å². The van der Waals surface area contributed by atoms with Gasteiger partial charge in [0.1, 0.15) is 0 Å². The minimum absolute atomic E-state index is 0.615. The molecule has 1 aromatic heterocycles. The van der Waals surface area contributed by atoms with E-state index in [1.165, 1.54) is 11.3 Å². The molecule has 0 amide bonds. The van der Waals surface area contributed by atoms with E-state index in [1.54, 1.807) is 11.3 Å². The summed E-state index contributed by atoms with van der Waals surface area (Å²) in [5, 5.41) is 7.82. The van der Waals surface area contributed by atoms with E-state index in [0.717, 1.165) is 36.3 Å². The van der Waals surface area contributed by atoms with Crippen molar-refractivity contribution in [2.45, 2.75) is 53.6 Å². The third kappa shape index (κ3) is 6.32. The van der Waals surface area contributed by atoms with Crippen LogP contribution < -0.4 is 10.6 Å². The lowest BCUT2D eigenvalue weighted by Gasteiger charge is -2.23. The number of nitrogens with zero attached hydrogens (tertiary/aromatic N) is 3. The summed E-state index contributed by atoms with van der Waals surface area (Å²) >= 11 is 1.73. The zero-order chi connectivity index (χ0) is 16.5. The van der Waals surface area contributed by atoms with Crippen LogP contribution in [0.4, 0.5) is 0 Å². The molecule has 1 heterocycles. The number of aryl methyl sites for hydroxylation is 2. The first-order valence-corrected chi connectivity index (χ1v) is 8.94. The fourth-order valence-corrected chi connectivity index (χ4v) is 2.96. The van der Waals surface area contributed by atoms with Crippen molar-refractivity contribution in [3.63, 3.8) is 0 Å². The van der Waals surface area contributed by atoms with Gasteiger partial charge in [-0.25, -0.2) is 9.98 Å². The summed E-state index contributed by atoms with van der Waals surface area (Å²) < 4.78 is 0. The Bertz CT molecular complexity index is 469. The van der Waals surface area contributed by atoms with Crippen molar-refractivity contribution in [3.05, 3.63) is 15.6 Å². The van der Waals surface area contributed by atoms with Gasteiger partial charge in [-0.3, -0.25) is 0 Å². The summed E-state index contributed by atoms with van der Waals surface area (Å²) in [6, 6.07) is 0.615. The van der Waals surface area contributed by atoms with Crippen molar-refractivity contribution in [2.75, 3.05) is 26.7 Å². The van der Waals surface area contributed by atoms with Gasteiger partial charge in [-0.1, -0.05) is 6.92 Å². The zero-order valence-corrected chi connectivity index (χ0v) is 15.7. The maximum Gasteiger partial charge on any atom is 0.191 e. The van der Waals surface area contributed by atoms with Crippen LogP contribution >= 0.6 is 11.3 Å². The highest BCUT2D eigenvalue weighted by atomic mass is 32.1. The molecular formula is C16H31N5S. The lowest BCUT2D eigenvalue weighted by molar-refractivity contribution is 0.255. The third-order valence-corrected chi connectivity index (χ3v) is 4.88. The van der Waals surface area contributed by atoms with Gasteiger partial charge in [0, 0.05) is 30.6 Å². The summed E-state index contributed by atoms with van der Waals surface area (Å²) in [5.41, 5.74) is 1.10. The maximum absolute atomic E-state index is 4.67. The van der Waals surface area contributed by atoms with Gasteiger partial charge in [0.05, 0.1) is 17.2 Å². The molecule has 5 nitrogen and oxygen atoms in total. The molecule has 22 heavy (non-hydrogen) atoms. The van der Waals surface area contributed by atoms with E-state index < -0.39 is 0 Å². The molecular weight excluding hydrogens is 294 g/mol. The zero-order valence-electron chi connectivity index (χ0n) is 14.9. The largest absolute Gasteiger partial charge is 0.357 e.